The van der Waals surface area contributed by atoms with Gasteiger partial charge < -0.3 is 5.32 Å². The van der Waals surface area contributed by atoms with Gasteiger partial charge in [-0.25, -0.2) is 0 Å². The van der Waals surface area contributed by atoms with E-state index in [4.69, 9.17) is 11.6 Å². The monoisotopic (exact) mass is 253 g/mol. The van der Waals surface area contributed by atoms with E-state index in [1.54, 1.807) is 12.1 Å². The zero-order valence-corrected chi connectivity index (χ0v) is 11.5. The fourth-order valence-electron chi connectivity index (χ4n) is 1.76. The molecule has 1 amide bonds. The summed E-state index contributed by atoms with van der Waals surface area (Å²) in [7, 11) is 0. The molecule has 2 nitrogen and oxygen atoms in total. The smallest absolute Gasteiger partial charge is 0.251 e. The largest absolute Gasteiger partial charge is 0.352 e. The minimum atomic E-state index is -0.0306. The van der Waals surface area contributed by atoms with Gasteiger partial charge in [0.05, 0.1) is 0 Å². The summed E-state index contributed by atoms with van der Waals surface area (Å²) in [6.07, 6.45) is 2.18. The number of nitrogens with one attached hydrogen (secondary N) is 1. The lowest BCUT2D eigenvalue weighted by molar-refractivity contribution is 0.0946. The maximum Gasteiger partial charge on any atom is 0.251 e. The lowest BCUT2D eigenvalue weighted by Gasteiger charge is -2.14. The van der Waals surface area contributed by atoms with Crippen LogP contribution >= 0.6 is 11.6 Å². The molecule has 94 valence electrons. The summed E-state index contributed by atoms with van der Waals surface area (Å²) in [5, 5.41) is 3.61. The lowest BCUT2D eigenvalue weighted by Crippen LogP contribution is -2.29. The van der Waals surface area contributed by atoms with Crippen LogP contribution in [-0.4, -0.2) is 12.5 Å². The molecule has 0 atom stereocenters. The number of rotatable bonds is 5. The minimum Gasteiger partial charge on any atom is -0.352 e. The average molecular weight is 254 g/mol. The Bertz CT molecular complexity index is 386. The van der Waals surface area contributed by atoms with Crippen molar-refractivity contribution in [3.63, 3.8) is 0 Å². The Balaban J connectivity index is 2.67. The van der Waals surface area contributed by atoms with Crippen molar-refractivity contribution in [2.75, 3.05) is 6.54 Å². The van der Waals surface area contributed by atoms with Gasteiger partial charge in [0, 0.05) is 17.1 Å². The van der Waals surface area contributed by atoms with Crippen LogP contribution in [0.4, 0.5) is 0 Å². The van der Waals surface area contributed by atoms with Crippen LogP contribution < -0.4 is 5.32 Å². The molecule has 0 heterocycles. The molecule has 0 bridgehead atoms. The van der Waals surface area contributed by atoms with Crippen molar-refractivity contribution in [3.8, 4) is 0 Å². The second-order valence-corrected chi connectivity index (χ2v) is 4.71. The molecule has 0 aromatic heterocycles. The molecular formula is C14H20ClNO. The first-order chi connectivity index (χ1) is 8.10. The van der Waals surface area contributed by atoms with E-state index in [0.29, 0.717) is 16.5 Å². The van der Waals surface area contributed by atoms with E-state index in [1.165, 1.54) is 0 Å². The molecule has 0 radical (unpaired) electrons. The van der Waals surface area contributed by atoms with Gasteiger partial charge in [-0.05, 0) is 30.5 Å². The van der Waals surface area contributed by atoms with E-state index in [1.807, 2.05) is 13.0 Å². The SMILES string of the molecule is CCC(CC)CNC(=O)c1cccc(Cl)c1C. The fraction of sp³-hybridized carbons (Fsp3) is 0.500. The molecule has 0 fully saturated rings. The molecular weight excluding hydrogens is 234 g/mol. The van der Waals surface area contributed by atoms with E-state index >= 15 is 0 Å². The van der Waals surface area contributed by atoms with Gasteiger partial charge in [0.2, 0.25) is 0 Å². The Hall–Kier alpha value is -1.02. The summed E-state index contributed by atoms with van der Waals surface area (Å²) < 4.78 is 0. The molecule has 1 N–H and O–H groups in total. The fourth-order valence-corrected chi connectivity index (χ4v) is 1.94. The summed E-state index contributed by atoms with van der Waals surface area (Å²) in [6, 6.07) is 5.42. The van der Waals surface area contributed by atoms with E-state index in [2.05, 4.69) is 19.2 Å². The normalized spacial score (nSPS) is 10.6. The molecule has 0 spiro atoms. The lowest BCUT2D eigenvalue weighted by atomic mass is 10.0. The molecule has 0 aliphatic carbocycles. The van der Waals surface area contributed by atoms with Crippen molar-refractivity contribution in [1.29, 1.82) is 0 Å². The van der Waals surface area contributed by atoms with E-state index in [0.717, 1.165) is 24.9 Å². The molecule has 1 rings (SSSR count). The number of amides is 1. The molecule has 0 aliphatic heterocycles. The van der Waals surface area contributed by atoms with Crippen molar-refractivity contribution in [2.24, 2.45) is 5.92 Å². The number of halogens is 1. The topological polar surface area (TPSA) is 29.1 Å². The highest BCUT2D eigenvalue weighted by Crippen LogP contribution is 2.18. The maximum absolute atomic E-state index is 12.0. The van der Waals surface area contributed by atoms with Gasteiger partial charge >= 0.3 is 0 Å². The van der Waals surface area contributed by atoms with Gasteiger partial charge in [0.15, 0.2) is 0 Å². The molecule has 0 aliphatic rings. The van der Waals surface area contributed by atoms with Crippen molar-refractivity contribution in [3.05, 3.63) is 34.3 Å². The highest BCUT2D eigenvalue weighted by molar-refractivity contribution is 6.31. The molecule has 0 saturated carbocycles. The summed E-state index contributed by atoms with van der Waals surface area (Å²) >= 11 is 6.00. The molecule has 0 unspecified atom stereocenters. The number of hydrogen-bond acceptors (Lipinski definition) is 1. The van der Waals surface area contributed by atoms with Gasteiger partial charge in [-0.3, -0.25) is 4.79 Å². The second-order valence-electron chi connectivity index (χ2n) is 4.30. The minimum absolute atomic E-state index is 0.0306. The van der Waals surface area contributed by atoms with Crippen LogP contribution in [0.5, 0.6) is 0 Å². The van der Waals surface area contributed by atoms with Gasteiger partial charge in [0.1, 0.15) is 0 Å². The third-order valence-electron chi connectivity index (χ3n) is 3.22. The van der Waals surface area contributed by atoms with E-state index < -0.39 is 0 Å². The first-order valence-electron chi connectivity index (χ1n) is 6.13. The maximum atomic E-state index is 12.0. The van der Waals surface area contributed by atoms with E-state index in [9.17, 15) is 4.79 Å². The zero-order valence-electron chi connectivity index (χ0n) is 10.7. The van der Waals surface area contributed by atoms with E-state index in [-0.39, 0.29) is 5.91 Å². The number of carbonyl (C=O) groups is 1. The van der Waals surface area contributed by atoms with Crippen LogP contribution in [0.3, 0.4) is 0 Å². The second kappa shape index (κ2) is 6.65. The van der Waals surface area contributed by atoms with Crippen LogP contribution in [0.2, 0.25) is 5.02 Å². The van der Waals surface area contributed by atoms with Gasteiger partial charge in [-0.15, -0.1) is 0 Å². The van der Waals surface area contributed by atoms with Crippen LogP contribution in [0.1, 0.15) is 42.6 Å². The number of hydrogen-bond donors (Lipinski definition) is 1. The van der Waals surface area contributed by atoms with Gasteiger partial charge in [0.25, 0.3) is 5.91 Å². The summed E-state index contributed by atoms with van der Waals surface area (Å²) in [5.74, 6) is 0.523. The van der Waals surface area contributed by atoms with Crippen LogP contribution in [0.25, 0.3) is 0 Å². The Morgan fingerprint density at radius 3 is 2.59 bits per heavy atom. The summed E-state index contributed by atoms with van der Waals surface area (Å²) in [4.78, 5) is 12.0. The highest BCUT2D eigenvalue weighted by atomic mass is 35.5. The number of benzene rings is 1. The predicted molar refractivity (Wildman–Crippen MR) is 72.6 cm³/mol. The molecule has 0 saturated heterocycles. The van der Waals surface area contributed by atoms with Crippen molar-refractivity contribution < 1.29 is 4.79 Å². The van der Waals surface area contributed by atoms with Crippen LogP contribution in [0.15, 0.2) is 18.2 Å². The number of carbonyl (C=O) groups excluding carboxylic acids is 1. The Labute approximate surface area is 108 Å². The summed E-state index contributed by atoms with van der Waals surface area (Å²) in [6.45, 7) is 6.89. The Morgan fingerprint density at radius 2 is 2.00 bits per heavy atom. The zero-order chi connectivity index (χ0) is 12.8. The molecule has 17 heavy (non-hydrogen) atoms. The van der Waals surface area contributed by atoms with Crippen molar-refractivity contribution in [1.82, 2.24) is 5.32 Å². The van der Waals surface area contributed by atoms with Gasteiger partial charge in [-0.1, -0.05) is 44.4 Å². The van der Waals surface area contributed by atoms with Crippen molar-refractivity contribution >= 4 is 17.5 Å². The van der Waals surface area contributed by atoms with Crippen LogP contribution in [-0.2, 0) is 0 Å². The molecule has 3 heteroatoms. The standard InChI is InChI=1S/C14H20ClNO/c1-4-11(5-2)9-16-14(17)12-7-6-8-13(15)10(12)3/h6-8,11H,4-5,9H2,1-3H3,(H,16,17). The van der Waals surface area contributed by atoms with Crippen molar-refractivity contribution in [2.45, 2.75) is 33.6 Å². The molecule has 1 aromatic rings. The first-order valence-corrected chi connectivity index (χ1v) is 6.51. The summed E-state index contributed by atoms with van der Waals surface area (Å²) in [5.41, 5.74) is 1.51. The highest BCUT2D eigenvalue weighted by Gasteiger charge is 2.12. The predicted octanol–water partition coefficient (Wildman–Crippen LogP) is 3.81. The Morgan fingerprint density at radius 1 is 1.35 bits per heavy atom. The van der Waals surface area contributed by atoms with Gasteiger partial charge in [-0.2, -0.15) is 0 Å². The third kappa shape index (κ3) is 3.74. The van der Waals surface area contributed by atoms with Crippen LogP contribution in [0, 0.1) is 12.8 Å². The Kier molecular flexibility index (Phi) is 5.49. The molecule has 1 aromatic carbocycles. The third-order valence-corrected chi connectivity index (χ3v) is 3.63. The first kappa shape index (κ1) is 14.0. The average Bonchev–Trinajstić information content (AvgIpc) is 2.33. The quantitative estimate of drug-likeness (QED) is 0.849.